The summed E-state index contributed by atoms with van der Waals surface area (Å²) in [6.45, 7) is 0.265. The van der Waals surface area contributed by atoms with E-state index < -0.39 is 27.7 Å². The fourth-order valence-electron chi connectivity index (χ4n) is 2.48. The molecule has 1 heterocycles. The highest BCUT2D eigenvalue weighted by molar-refractivity contribution is 7.89. The zero-order chi connectivity index (χ0) is 16.3. The standard InChI is InChI=1S/C13H18FN3O4S/c1-21-11-5-4-10(14)7-12(11)22(19,20)17-6-2-3-9(8-17)13(18)16-15/h4-5,7,9H,2-3,6,8,15H2,1H3,(H,16,18)/t9-/m0/s1. The predicted octanol–water partition coefficient (Wildman–Crippen LogP) is 0.225. The molecule has 1 fully saturated rings. The number of halogens is 1. The molecular formula is C13H18FN3O4S. The van der Waals surface area contributed by atoms with E-state index in [2.05, 4.69) is 0 Å². The van der Waals surface area contributed by atoms with Crippen molar-refractivity contribution in [3.05, 3.63) is 24.0 Å². The van der Waals surface area contributed by atoms with Gasteiger partial charge in [-0.1, -0.05) is 0 Å². The van der Waals surface area contributed by atoms with Crippen molar-refractivity contribution in [2.45, 2.75) is 17.7 Å². The topological polar surface area (TPSA) is 102 Å². The third-order valence-corrected chi connectivity index (χ3v) is 5.53. The van der Waals surface area contributed by atoms with Gasteiger partial charge >= 0.3 is 0 Å². The van der Waals surface area contributed by atoms with Crippen molar-refractivity contribution in [2.24, 2.45) is 11.8 Å². The molecule has 122 valence electrons. The van der Waals surface area contributed by atoms with Gasteiger partial charge in [-0.25, -0.2) is 18.7 Å². The second-order valence-corrected chi connectivity index (χ2v) is 6.91. The Morgan fingerprint density at radius 3 is 2.86 bits per heavy atom. The number of benzene rings is 1. The Morgan fingerprint density at radius 1 is 1.50 bits per heavy atom. The van der Waals surface area contributed by atoms with E-state index >= 15 is 0 Å². The maximum atomic E-state index is 13.4. The van der Waals surface area contributed by atoms with Crippen molar-refractivity contribution in [1.82, 2.24) is 9.73 Å². The molecule has 0 saturated carbocycles. The Bertz CT molecular complexity index is 665. The number of carbonyl (C=O) groups excluding carboxylic acids is 1. The molecule has 1 saturated heterocycles. The van der Waals surface area contributed by atoms with E-state index in [0.29, 0.717) is 12.8 Å². The number of nitrogens with zero attached hydrogens (tertiary/aromatic N) is 1. The fourth-order valence-corrected chi connectivity index (χ4v) is 4.17. The Labute approximate surface area is 128 Å². The molecule has 22 heavy (non-hydrogen) atoms. The van der Waals surface area contributed by atoms with Crippen LogP contribution in [0.3, 0.4) is 0 Å². The molecule has 0 unspecified atom stereocenters. The van der Waals surface area contributed by atoms with Gasteiger partial charge in [-0.15, -0.1) is 0 Å². The molecule has 9 heteroatoms. The quantitative estimate of drug-likeness (QED) is 0.467. The molecule has 0 aromatic heterocycles. The molecule has 1 aromatic carbocycles. The number of hydrogen-bond acceptors (Lipinski definition) is 5. The largest absolute Gasteiger partial charge is 0.495 e. The highest BCUT2D eigenvalue weighted by atomic mass is 32.2. The minimum Gasteiger partial charge on any atom is -0.495 e. The van der Waals surface area contributed by atoms with Crippen LogP contribution in [0.25, 0.3) is 0 Å². The number of methoxy groups -OCH3 is 1. The van der Waals surface area contributed by atoms with E-state index in [4.69, 9.17) is 10.6 Å². The molecule has 1 amide bonds. The first-order chi connectivity index (χ1) is 10.4. The SMILES string of the molecule is COc1ccc(F)cc1S(=O)(=O)N1CCC[C@H](C(=O)NN)C1. The Balaban J connectivity index is 2.34. The lowest BCUT2D eigenvalue weighted by Crippen LogP contribution is -2.46. The van der Waals surface area contributed by atoms with Crippen LogP contribution in [0.1, 0.15) is 12.8 Å². The summed E-state index contributed by atoms with van der Waals surface area (Å²) in [6.07, 6.45) is 1.07. The number of hydrazine groups is 1. The molecule has 1 aliphatic heterocycles. The molecule has 0 spiro atoms. The normalized spacial score (nSPS) is 19.7. The molecule has 1 aliphatic rings. The zero-order valence-corrected chi connectivity index (χ0v) is 12.9. The number of carbonyl (C=O) groups is 1. The van der Waals surface area contributed by atoms with Crippen LogP contribution in [0.2, 0.25) is 0 Å². The van der Waals surface area contributed by atoms with Crippen LogP contribution in [0.5, 0.6) is 5.75 Å². The van der Waals surface area contributed by atoms with Crippen LogP contribution in [-0.4, -0.2) is 38.8 Å². The Kier molecular flexibility index (Phi) is 4.99. The van der Waals surface area contributed by atoms with Crippen LogP contribution in [0.15, 0.2) is 23.1 Å². The maximum absolute atomic E-state index is 13.4. The molecule has 2 rings (SSSR count). The molecule has 7 nitrogen and oxygen atoms in total. The summed E-state index contributed by atoms with van der Waals surface area (Å²) in [4.78, 5) is 11.4. The maximum Gasteiger partial charge on any atom is 0.246 e. The number of amides is 1. The predicted molar refractivity (Wildman–Crippen MR) is 76.8 cm³/mol. The third kappa shape index (κ3) is 3.21. The highest BCUT2D eigenvalue weighted by Gasteiger charge is 2.34. The Morgan fingerprint density at radius 2 is 2.23 bits per heavy atom. The van der Waals surface area contributed by atoms with E-state index in [1.165, 1.54) is 13.2 Å². The summed E-state index contributed by atoms with van der Waals surface area (Å²) in [5.74, 6) is 3.55. The highest BCUT2D eigenvalue weighted by Crippen LogP contribution is 2.30. The number of hydrogen-bond donors (Lipinski definition) is 2. The number of nitrogens with two attached hydrogens (primary N) is 1. The first kappa shape index (κ1) is 16.7. The van der Waals surface area contributed by atoms with Gasteiger partial charge < -0.3 is 4.74 Å². The molecule has 1 atom stereocenters. The summed E-state index contributed by atoms with van der Waals surface area (Å²) >= 11 is 0. The number of sulfonamides is 1. The van der Waals surface area contributed by atoms with Crippen LogP contribution in [0.4, 0.5) is 4.39 Å². The molecular weight excluding hydrogens is 313 g/mol. The van der Waals surface area contributed by atoms with Gasteiger partial charge in [0, 0.05) is 13.1 Å². The number of piperidine rings is 1. The van der Waals surface area contributed by atoms with Gasteiger partial charge in [-0.2, -0.15) is 4.31 Å². The summed E-state index contributed by atoms with van der Waals surface area (Å²) in [5.41, 5.74) is 2.03. The van der Waals surface area contributed by atoms with Crippen LogP contribution in [0, 0.1) is 11.7 Å². The molecule has 0 radical (unpaired) electrons. The first-order valence-corrected chi connectivity index (χ1v) is 8.18. The van der Waals surface area contributed by atoms with Gasteiger partial charge in [0.1, 0.15) is 16.5 Å². The first-order valence-electron chi connectivity index (χ1n) is 6.74. The number of rotatable bonds is 4. The monoisotopic (exact) mass is 331 g/mol. The smallest absolute Gasteiger partial charge is 0.246 e. The van der Waals surface area contributed by atoms with Crippen LogP contribution >= 0.6 is 0 Å². The average molecular weight is 331 g/mol. The lowest BCUT2D eigenvalue weighted by Gasteiger charge is -2.31. The zero-order valence-electron chi connectivity index (χ0n) is 12.1. The number of ether oxygens (including phenoxy) is 1. The minimum absolute atomic E-state index is 0.00499. The summed E-state index contributed by atoms with van der Waals surface area (Å²) in [5, 5.41) is 0. The van der Waals surface area contributed by atoms with E-state index in [1.807, 2.05) is 5.43 Å². The summed E-state index contributed by atoms with van der Waals surface area (Å²) in [6, 6.07) is 3.30. The van der Waals surface area contributed by atoms with E-state index in [0.717, 1.165) is 16.4 Å². The Hall–Kier alpha value is -1.71. The van der Waals surface area contributed by atoms with Gasteiger partial charge in [0.25, 0.3) is 0 Å². The van der Waals surface area contributed by atoms with Crippen molar-refractivity contribution < 1.29 is 22.3 Å². The lowest BCUT2D eigenvalue weighted by molar-refractivity contribution is -0.126. The van der Waals surface area contributed by atoms with E-state index in [1.54, 1.807) is 0 Å². The van der Waals surface area contributed by atoms with Crippen molar-refractivity contribution in [3.8, 4) is 5.75 Å². The van der Waals surface area contributed by atoms with Crippen LogP contribution in [-0.2, 0) is 14.8 Å². The fraction of sp³-hybridized carbons (Fsp3) is 0.462. The van der Waals surface area contributed by atoms with E-state index in [9.17, 15) is 17.6 Å². The minimum atomic E-state index is -3.95. The van der Waals surface area contributed by atoms with Gasteiger partial charge in [0.2, 0.25) is 15.9 Å². The number of nitrogens with one attached hydrogen (secondary N) is 1. The van der Waals surface area contributed by atoms with Crippen molar-refractivity contribution in [2.75, 3.05) is 20.2 Å². The second-order valence-electron chi connectivity index (χ2n) is 5.01. The van der Waals surface area contributed by atoms with Gasteiger partial charge in [-0.3, -0.25) is 10.2 Å². The van der Waals surface area contributed by atoms with Gasteiger partial charge in [0.15, 0.2) is 0 Å². The lowest BCUT2D eigenvalue weighted by atomic mass is 9.99. The van der Waals surface area contributed by atoms with Crippen LogP contribution < -0.4 is 16.0 Å². The van der Waals surface area contributed by atoms with E-state index in [-0.39, 0.29) is 23.7 Å². The molecule has 3 N–H and O–H groups in total. The average Bonchev–Trinajstić information content (AvgIpc) is 2.54. The molecule has 0 aliphatic carbocycles. The molecule has 0 bridgehead atoms. The van der Waals surface area contributed by atoms with Gasteiger partial charge in [-0.05, 0) is 31.0 Å². The van der Waals surface area contributed by atoms with Crippen molar-refractivity contribution in [3.63, 3.8) is 0 Å². The molecule has 1 aromatic rings. The van der Waals surface area contributed by atoms with Gasteiger partial charge in [0.05, 0.1) is 13.0 Å². The summed E-state index contributed by atoms with van der Waals surface area (Å²) < 4.78 is 45.0. The van der Waals surface area contributed by atoms with Crippen molar-refractivity contribution >= 4 is 15.9 Å². The second kappa shape index (κ2) is 6.59. The third-order valence-electron chi connectivity index (χ3n) is 3.64. The summed E-state index contributed by atoms with van der Waals surface area (Å²) in [7, 11) is -2.64. The van der Waals surface area contributed by atoms with Crippen molar-refractivity contribution in [1.29, 1.82) is 0 Å².